The van der Waals surface area contributed by atoms with Crippen molar-refractivity contribution in [1.29, 1.82) is 0 Å². The van der Waals surface area contributed by atoms with Gasteiger partial charge in [-0.2, -0.15) is 0 Å². The third-order valence-electron chi connectivity index (χ3n) is 5.03. The normalized spacial score (nSPS) is 17.7. The van der Waals surface area contributed by atoms with Crippen molar-refractivity contribution in [3.8, 4) is 0 Å². The first-order valence-corrected chi connectivity index (χ1v) is 10.1. The van der Waals surface area contributed by atoms with Gasteiger partial charge in [0.1, 0.15) is 12.1 Å². The Morgan fingerprint density at radius 2 is 1.89 bits per heavy atom. The van der Waals surface area contributed by atoms with Crippen molar-refractivity contribution in [2.24, 2.45) is 11.3 Å². The number of nitrogens with zero attached hydrogens (tertiary/aromatic N) is 1. The van der Waals surface area contributed by atoms with Gasteiger partial charge in [0.05, 0.1) is 12.5 Å². The van der Waals surface area contributed by atoms with Crippen LogP contribution in [0, 0.1) is 11.3 Å². The van der Waals surface area contributed by atoms with E-state index in [1.807, 2.05) is 27.7 Å². The van der Waals surface area contributed by atoms with E-state index in [0.29, 0.717) is 11.5 Å². The number of amides is 2. The molecule has 0 spiro atoms. The van der Waals surface area contributed by atoms with Gasteiger partial charge in [-0.3, -0.25) is 14.8 Å². The summed E-state index contributed by atoms with van der Waals surface area (Å²) in [6.45, 7) is 7.55. The average molecular weight is 385 g/mol. The Hall–Kier alpha value is -1.63. The van der Waals surface area contributed by atoms with E-state index in [2.05, 4.69) is 5.32 Å². The molecule has 2 amide bonds. The predicted molar refractivity (Wildman–Crippen MR) is 102 cm³/mol. The summed E-state index contributed by atoms with van der Waals surface area (Å²) < 4.78 is 5.67. The van der Waals surface area contributed by atoms with E-state index in [-0.39, 0.29) is 25.0 Å². The Morgan fingerprint density at radius 1 is 1.26 bits per heavy atom. The largest absolute Gasteiger partial charge is 0.461 e. The number of unbranched alkanes of at least 4 members (excludes halogenated alkanes) is 1. The van der Waals surface area contributed by atoms with Gasteiger partial charge in [-0.05, 0) is 37.5 Å². The van der Waals surface area contributed by atoms with Gasteiger partial charge >= 0.3 is 5.97 Å². The minimum atomic E-state index is -0.778. The average Bonchev–Trinajstić information content (AvgIpc) is 2.62. The molecule has 1 aliphatic rings. The second-order valence-corrected chi connectivity index (χ2v) is 8.57. The third kappa shape index (κ3) is 8.28. The fraction of sp³-hybridized carbons (Fsp3) is 0.850. The fourth-order valence-electron chi connectivity index (χ4n) is 3.33. The van der Waals surface area contributed by atoms with Crippen LogP contribution in [0.25, 0.3) is 0 Å². The van der Waals surface area contributed by atoms with Crippen molar-refractivity contribution in [2.45, 2.75) is 91.2 Å². The van der Waals surface area contributed by atoms with E-state index in [4.69, 9.17) is 4.74 Å². The molecule has 0 aromatic carbocycles. The Bertz CT molecular complexity index is 483. The van der Waals surface area contributed by atoms with Crippen molar-refractivity contribution in [3.63, 3.8) is 0 Å². The molecular formula is C20H36N2O5. The van der Waals surface area contributed by atoms with Gasteiger partial charge in [-0.15, -0.1) is 0 Å². The molecular weight excluding hydrogens is 348 g/mol. The van der Waals surface area contributed by atoms with Gasteiger partial charge in [0.25, 0.3) is 0 Å². The van der Waals surface area contributed by atoms with Gasteiger partial charge in [0.2, 0.25) is 12.3 Å². The summed E-state index contributed by atoms with van der Waals surface area (Å²) in [4.78, 5) is 36.3. The van der Waals surface area contributed by atoms with Crippen LogP contribution in [0.1, 0.15) is 79.1 Å². The van der Waals surface area contributed by atoms with Crippen molar-refractivity contribution in [2.75, 3.05) is 6.54 Å². The summed E-state index contributed by atoms with van der Waals surface area (Å²) in [6, 6.07) is -0.778. The minimum absolute atomic E-state index is 0.0770. The van der Waals surface area contributed by atoms with Crippen LogP contribution < -0.4 is 5.32 Å². The molecule has 1 rings (SSSR count). The second-order valence-electron chi connectivity index (χ2n) is 8.57. The van der Waals surface area contributed by atoms with Gasteiger partial charge in [-0.25, -0.2) is 9.86 Å². The molecule has 0 aromatic rings. The Kier molecular flexibility index (Phi) is 9.77. The van der Waals surface area contributed by atoms with Crippen LogP contribution >= 0.6 is 0 Å². The minimum Gasteiger partial charge on any atom is -0.461 e. The number of ether oxygens (including phenoxy) is 1. The predicted octanol–water partition coefficient (Wildman–Crippen LogP) is 3.05. The maximum absolute atomic E-state index is 12.8. The molecule has 7 heteroatoms. The molecule has 1 saturated carbocycles. The molecule has 2 atom stereocenters. The topological polar surface area (TPSA) is 95.9 Å². The van der Waals surface area contributed by atoms with E-state index in [9.17, 15) is 19.6 Å². The molecule has 0 aliphatic heterocycles. The van der Waals surface area contributed by atoms with E-state index in [1.165, 1.54) is 6.42 Å². The van der Waals surface area contributed by atoms with Gasteiger partial charge in [0.15, 0.2) is 0 Å². The Morgan fingerprint density at radius 3 is 2.41 bits per heavy atom. The molecule has 0 unspecified atom stereocenters. The molecule has 7 nitrogen and oxygen atoms in total. The molecule has 0 radical (unpaired) electrons. The number of rotatable bonds is 10. The zero-order valence-electron chi connectivity index (χ0n) is 17.2. The Balaban J connectivity index is 2.80. The van der Waals surface area contributed by atoms with Crippen LogP contribution in [-0.4, -0.2) is 47.2 Å². The quantitative estimate of drug-likeness (QED) is 0.261. The Labute approximate surface area is 162 Å². The zero-order chi connectivity index (χ0) is 20.4. The van der Waals surface area contributed by atoms with Crippen molar-refractivity contribution >= 4 is 18.3 Å². The second kappa shape index (κ2) is 11.3. The summed E-state index contributed by atoms with van der Waals surface area (Å²) in [5.41, 5.74) is -0.514. The summed E-state index contributed by atoms with van der Waals surface area (Å²) in [7, 11) is 0. The van der Waals surface area contributed by atoms with E-state index in [0.717, 1.165) is 38.5 Å². The summed E-state index contributed by atoms with van der Waals surface area (Å²) in [5, 5.41) is 12.8. The lowest BCUT2D eigenvalue weighted by molar-refractivity contribution is -0.160. The number of carbonyl (C=O) groups is 3. The third-order valence-corrected chi connectivity index (χ3v) is 5.03. The molecule has 1 aliphatic carbocycles. The first-order chi connectivity index (χ1) is 12.7. The highest BCUT2D eigenvalue weighted by atomic mass is 16.5. The van der Waals surface area contributed by atoms with Gasteiger partial charge in [0, 0.05) is 0 Å². The SMILES string of the molecule is CCCC[C@H](CN(O)C=O)C(=O)N[C@H](C(=O)OC1CCCCC1)C(C)(C)C. The van der Waals surface area contributed by atoms with Gasteiger partial charge in [-0.1, -0.05) is 47.0 Å². The maximum atomic E-state index is 12.8. The highest BCUT2D eigenvalue weighted by Gasteiger charge is 2.37. The lowest BCUT2D eigenvalue weighted by Crippen LogP contribution is -2.53. The van der Waals surface area contributed by atoms with E-state index < -0.39 is 23.3 Å². The molecule has 2 N–H and O–H groups in total. The lowest BCUT2D eigenvalue weighted by Gasteiger charge is -2.33. The van der Waals surface area contributed by atoms with Crippen LogP contribution in [-0.2, 0) is 19.1 Å². The van der Waals surface area contributed by atoms with Crippen LogP contribution in [0.2, 0.25) is 0 Å². The number of hydrogen-bond acceptors (Lipinski definition) is 5. The van der Waals surface area contributed by atoms with Crippen LogP contribution in [0.5, 0.6) is 0 Å². The van der Waals surface area contributed by atoms with E-state index >= 15 is 0 Å². The van der Waals surface area contributed by atoms with Crippen LogP contribution in [0.15, 0.2) is 0 Å². The fourth-order valence-corrected chi connectivity index (χ4v) is 3.33. The van der Waals surface area contributed by atoms with Crippen LogP contribution in [0.4, 0.5) is 0 Å². The van der Waals surface area contributed by atoms with Crippen molar-refractivity contribution in [1.82, 2.24) is 10.4 Å². The zero-order valence-corrected chi connectivity index (χ0v) is 17.2. The molecule has 0 heterocycles. The highest BCUT2D eigenvalue weighted by Crippen LogP contribution is 2.25. The number of hydrogen-bond donors (Lipinski definition) is 2. The number of carbonyl (C=O) groups excluding carboxylic acids is 3. The highest BCUT2D eigenvalue weighted by molar-refractivity contribution is 5.86. The molecule has 0 saturated heterocycles. The molecule has 1 fully saturated rings. The first kappa shape index (κ1) is 23.4. The standard InChI is InChI=1S/C20H36N2O5/c1-5-6-10-15(13-22(26)14-23)18(24)21-17(20(2,3)4)19(25)27-16-11-8-7-9-12-16/h14-17,26H,5-13H2,1-4H3,(H,21,24)/t15-,17-/m1/s1. The summed E-state index contributed by atoms with van der Waals surface area (Å²) in [5.74, 6) is -1.33. The summed E-state index contributed by atoms with van der Waals surface area (Å²) in [6.07, 6.45) is 7.44. The number of hydroxylamine groups is 2. The first-order valence-electron chi connectivity index (χ1n) is 10.1. The molecule has 27 heavy (non-hydrogen) atoms. The molecule has 0 bridgehead atoms. The van der Waals surface area contributed by atoms with Crippen LogP contribution in [0.3, 0.4) is 0 Å². The van der Waals surface area contributed by atoms with E-state index in [1.54, 1.807) is 0 Å². The maximum Gasteiger partial charge on any atom is 0.329 e. The smallest absolute Gasteiger partial charge is 0.329 e. The monoisotopic (exact) mass is 384 g/mol. The van der Waals surface area contributed by atoms with Crippen molar-refractivity contribution in [3.05, 3.63) is 0 Å². The van der Waals surface area contributed by atoms with Gasteiger partial charge < -0.3 is 10.1 Å². The summed E-state index contributed by atoms with van der Waals surface area (Å²) >= 11 is 0. The lowest BCUT2D eigenvalue weighted by atomic mass is 9.86. The molecule has 0 aromatic heterocycles. The number of esters is 1. The van der Waals surface area contributed by atoms with Crippen molar-refractivity contribution < 1.29 is 24.3 Å². The number of nitrogens with one attached hydrogen (secondary N) is 1. The molecule has 156 valence electrons.